The summed E-state index contributed by atoms with van der Waals surface area (Å²) in [4.78, 5) is 5.16. The van der Waals surface area contributed by atoms with Crippen LogP contribution in [0.15, 0.2) is 0 Å². The van der Waals surface area contributed by atoms with Gasteiger partial charge in [0, 0.05) is 24.7 Å². The van der Waals surface area contributed by atoms with E-state index in [1.54, 1.807) is 0 Å². The van der Waals surface area contributed by atoms with Crippen molar-refractivity contribution in [3.63, 3.8) is 0 Å². The van der Waals surface area contributed by atoms with Crippen LogP contribution in [0, 0.1) is 5.92 Å². The van der Waals surface area contributed by atoms with Gasteiger partial charge in [0.2, 0.25) is 0 Å². The van der Waals surface area contributed by atoms with E-state index in [4.69, 9.17) is 0 Å². The lowest BCUT2D eigenvalue weighted by molar-refractivity contribution is 0.125. The fourth-order valence-corrected chi connectivity index (χ4v) is 3.97. The van der Waals surface area contributed by atoms with Crippen LogP contribution in [-0.2, 0) is 0 Å². The van der Waals surface area contributed by atoms with Crippen molar-refractivity contribution in [2.24, 2.45) is 5.92 Å². The molecule has 2 fully saturated rings. The Balaban J connectivity index is 1.77. The van der Waals surface area contributed by atoms with Crippen LogP contribution >= 0.6 is 0 Å². The van der Waals surface area contributed by atoms with Crippen molar-refractivity contribution in [3.05, 3.63) is 0 Å². The van der Waals surface area contributed by atoms with Crippen LogP contribution in [0.25, 0.3) is 0 Å². The van der Waals surface area contributed by atoms with Gasteiger partial charge in [-0.2, -0.15) is 0 Å². The van der Waals surface area contributed by atoms with Crippen molar-refractivity contribution < 1.29 is 0 Å². The van der Waals surface area contributed by atoms with Gasteiger partial charge >= 0.3 is 0 Å². The predicted molar refractivity (Wildman–Crippen MR) is 87.2 cm³/mol. The number of nitrogens with zero attached hydrogens (tertiary/aromatic N) is 2. The van der Waals surface area contributed by atoms with Gasteiger partial charge in [-0.1, -0.05) is 6.92 Å². The third kappa shape index (κ3) is 4.44. The zero-order chi connectivity index (χ0) is 14.5. The number of likely N-dealkylation sites (tertiary alicyclic amines) is 2. The zero-order valence-corrected chi connectivity index (χ0v) is 14.1. The molecule has 0 bridgehead atoms. The highest BCUT2D eigenvalue weighted by atomic mass is 15.2. The van der Waals surface area contributed by atoms with Crippen molar-refractivity contribution >= 4 is 0 Å². The van der Waals surface area contributed by atoms with E-state index in [9.17, 15) is 0 Å². The average Bonchev–Trinajstić information content (AvgIpc) is 2.43. The topological polar surface area (TPSA) is 18.5 Å². The zero-order valence-electron chi connectivity index (χ0n) is 14.1. The second-order valence-corrected chi connectivity index (χ2v) is 7.21. The first-order valence-electron chi connectivity index (χ1n) is 8.78. The molecule has 2 heterocycles. The molecular weight excluding hydrogens is 246 g/mol. The minimum absolute atomic E-state index is 0.676. The van der Waals surface area contributed by atoms with E-state index < -0.39 is 0 Å². The molecule has 0 radical (unpaired) electrons. The van der Waals surface area contributed by atoms with Crippen molar-refractivity contribution in [1.82, 2.24) is 15.1 Å². The summed E-state index contributed by atoms with van der Waals surface area (Å²) in [6.07, 6.45) is 6.72. The first kappa shape index (κ1) is 16.3. The summed E-state index contributed by atoms with van der Waals surface area (Å²) in [6.45, 7) is 12.2. The predicted octanol–water partition coefficient (Wildman–Crippen LogP) is 2.57. The van der Waals surface area contributed by atoms with E-state index in [-0.39, 0.29) is 0 Å². The summed E-state index contributed by atoms with van der Waals surface area (Å²) >= 11 is 0. The molecule has 0 spiro atoms. The molecule has 0 amide bonds. The molecule has 2 aliphatic rings. The van der Waals surface area contributed by atoms with Crippen molar-refractivity contribution in [2.75, 3.05) is 33.2 Å². The van der Waals surface area contributed by atoms with Gasteiger partial charge in [-0.3, -0.25) is 0 Å². The fraction of sp³-hybridized carbons (Fsp3) is 1.00. The molecule has 0 aromatic rings. The van der Waals surface area contributed by atoms with Crippen LogP contribution in [0.1, 0.15) is 52.9 Å². The van der Waals surface area contributed by atoms with E-state index in [1.165, 1.54) is 58.3 Å². The monoisotopic (exact) mass is 281 g/mol. The van der Waals surface area contributed by atoms with Crippen molar-refractivity contribution in [1.29, 1.82) is 0 Å². The van der Waals surface area contributed by atoms with E-state index in [0.29, 0.717) is 6.04 Å². The lowest BCUT2D eigenvalue weighted by atomic mass is 9.89. The minimum Gasteiger partial charge on any atom is -0.311 e. The highest BCUT2D eigenvalue weighted by molar-refractivity contribution is 4.86. The molecular formula is C17H35N3. The SMILES string of the molecule is CCCN1CCCC(C(C)NC2CCN(C)C(C)C2)C1. The molecule has 0 aromatic heterocycles. The molecule has 0 saturated carbocycles. The molecule has 2 saturated heterocycles. The lowest BCUT2D eigenvalue weighted by Crippen LogP contribution is -2.51. The van der Waals surface area contributed by atoms with E-state index in [0.717, 1.165) is 18.0 Å². The highest BCUT2D eigenvalue weighted by Gasteiger charge is 2.28. The normalized spacial score (nSPS) is 35.1. The van der Waals surface area contributed by atoms with Gasteiger partial charge in [-0.25, -0.2) is 0 Å². The standard InChI is InChI=1S/C17H35N3/c1-5-9-20-10-6-7-16(13-20)15(3)18-17-8-11-19(4)14(2)12-17/h14-18H,5-13H2,1-4H3. The van der Waals surface area contributed by atoms with Gasteiger partial charge in [0.15, 0.2) is 0 Å². The summed E-state index contributed by atoms with van der Waals surface area (Å²) in [7, 11) is 2.26. The molecule has 2 aliphatic heterocycles. The second kappa shape index (κ2) is 7.77. The van der Waals surface area contributed by atoms with Crippen molar-refractivity contribution in [2.45, 2.75) is 71.0 Å². The minimum atomic E-state index is 0.676. The van der Waals surface area contributed by atoms with E-state index >= 15 is 0 Å². The molecule has 3 heteroatoms. The van der Waals surface area contributed by atoms with Crippen LogP contribution in [-0.4, -0.2) is 61.2 Å². The van der Waals surface area contributed by atoms with Crippen LogP contribution < -0.4 is 5.32 Å². The quantitative estimate of drug-likeness (QED) is 0.835. The Hall–Kier alpha value is -0.120. The van der Waals surface area contributed by atoms with Crippen LogP contribution in [0.5, 0.6) is 0 Å². The third-order valence-electron chi connectivity index (χ3n) is 5.50. The number of nitrogens with one attached hydrogen (secondary N) is 1. The van der Waals surface area contributed by atoms with Crippen molar-refractivity contribution in [3.8, 4) is 0 Å². The number of hydrogen-bond acceptors (Lipinski definition) is 3. The van der Waals surface area contributed by atoms with E-state index in [1.807, 2.05) is 0 Å². The maximum atomic E-state index is 3.95. The first-order valence-corrected chi connectivity index (χ1v) is 8.78. The summed E-state index contributed by atoms with van der Waals surface area (Å²) in [5.41, 5.74) is 0. The van der Waals surface area contributed by atoms with Gasteiger partial charge in [0.05, 0.1) is 0 Å². The number of rotatable bonds is 5. The van der Waals surface area contributed by atoms with Gasteiger partial charge in [0.1, 0.15) is 0 Å². The third-order valence-corrected chi connectivity index (χ3v) is 5.50. The maximum absolute atomic E-state index is 3.95. The molecule has 4 atom stereocenters. The molecule has 1 N–H and O–H groups in total. The smallest absolute Gasteiger partial charge is 0.00966 e. The first-order chi connectivity index (χ1) is 9.60. The molecule has 2 rings (SSSR count). The van der Waals surface area contributed by atoms with Gasteiger partial charge in [-0.05, 0) is 78.6 Å². The van der Waals surface area contributed by atoms with Gasteiger partial charge in [-0.15, -0.1) is 0 Å². The van der Waals surface area contributed by atoms with Crippen LogP contribution in [0.4, 0.5) is 0 Å². The van der Waals surface area contributed by atoms with E-state index in [2.05, 4.69) is 42.9 Å². The molecule has 0 aromatic carbocycles. The summed E-state index contributed by atoms with van der Waals surface area (Å²) in [6, 6.07) is 2.14. The molecule has 118 valence electrons. The maximum Gasteiger partial charge on any atom is 0.00966 e. The Morgan fingerprint density at radius 2 is 2.05 bits per heavy atom. The van der Waals surface area contributed by atoms with Gasteiger partial charge in [0.25, 0.3) is 0 Å². The van der Waals surface area contributed by atoms with Crippen LogP contribution in [0.2, 0.25) is 0 Å². The van der Waals surface area contributed by atoms with Crippen LogP contribution in [0.3, 0.4) is 0 Å². The van der Waals surface area contributed by atoms with Gasteiger partial charge < -0.3 is 15.1 Å². The highest BCUT2D eigenvalue weighted by Crippen LogP contribution is 2.22. The second-order valence-electron chi connectivity index (χ2n) is 7.21. The largest absolute Gasteiger partial charge is 0.311 e. The Kier molecular flexibility index (Phi) is 6.31. The average molecular weight is 281 g/mol. The lowest BCUT2D eigenvalue weighted by Gasteiger charge is -2.40. The Morgan fingerprint density at radius 1 is 1.25 bits per heavy atom. The molecule has 3 nitrogen and oxygen atoms in total. The summed E-state index contributed by atoms with van der Waals surface area (Å²) < 4.78 is 0. The Labute approximate surface area is 126 Å². The summed E-state index contributed by atoms with van der Waals surface area (Å²) in [5, 5.41) is 3.95. The molecule has 20 heavy (non-hydrogen) atoms. The molecule has 4 unspecified atom stereocenters. The molecule has 0 aliphatic carbocycles. The fourth-order valence-electron chi connectivity index (χ4n) is 3.97. The Morgan fingerprint density at radius 3 is 2.75 bits per heavy atom. The Bertz CT molecular complexity index is 279. The summed E-state index contributed by atoms with van der Waals surface area (Å²) in [5.74, 6) is 0.852. The number of hydrogen-bond donors (Lipinski definition) is 1. The number of piperidine rings is 2.